The molecule has 3 rings (SSSR count). The predicted octanol–water partition coefficient (Wildman–Crippen LogP) is 0.807. The molecule has 0 unspecified atom stereocenters. The molecule has 27 heavy (non-hydrogen) atoms. The van der Waals surface area contributed by atoms with E-state index in [0.717, 1.165) is 30.6 Å². The van der Waals surface area contributed by atoms with Gasteiger partial charge in [-0.2, -0.15) is 0 Å². The van der Waals surface area contributed by atoms with E-state index in [4.69, 9.17) is 15.2 Å². The largest absolute Gasteiger partial charge is 0.492 e. The Morgan fingerprint density at radius 3 is 2.74 bits per heavy atom. The summed E-state index contributed by atoms with van der Waals surface area (Å²) < 4.78 is 11.0. The summed E-state index contributed by atoms with van der Waals surface area (Å²) >= 11 is 0. The average Bonchev–Trinajstić information content (AvgIpc) is 3.10. The third-order valence-corrected chi connectivity index (χ3v) is 5.01. The normalized spacial score (nSPS) is 20.4. The first-order valence-corrected chi connectivity index (χ1v) is 9.77. The van der Waals surface area contributed by atoms with Gasteiger partial charge in [0.05, 0.1) is 6.42 Å². The Labute approximate surface area is 160 Å². The molecule has 2 aliphatic rings. The number of ether oxygens (including phenoxy) is 2. The molecule has 7 heteroatoms. The van der Waals surface area contributed by atoms with Crippen molar-refractivity contribution in [1.82, 2.24) is 9.80 Å². The Bertz CT molecular complexity index is 646. The molecule has 0 radical (unpaired) electrons. The van der Waals surface area contributed by atoms with Crippen molar-refractivity contribution >= 4 is 11.8 Å². The molecule has 0 aliphatic carbocycles. The molecule has 1 aromatic carbocycles. The lowest BCUT2D eigenvalue weighted by atomic mass is 10.1. The summed E-state index contributed by atoms with van der Waals surface area (Å²) in [6.07, 6.45) is 2.59. The van der Waals surface area contributed by atoms with Crippen LogP contribution in [0.3, 0.4) is 0 Å². The molecule has 0 aromatic heterocycles. The molecule has 0 saturated carbocycles. The fourth-order valence-electron chi connectivity index (χ4n) is 3.57. The highest BCUT2D eigenvalue weighted by Crippen LogP contribution is 2.17. The van der Waals surface area contributed by atoms with E-state index in [1.54, 1.807) is 0 Å². The second kappa shape index (κ2) is 9.71. The van der Waals surface area contributed by atoms with Gasteiger partial charge in [-0.25, -0.2) is 0 Å². The maximum atomic E-state index is 12.7. The standard InChI is InChI=1S/C20H29N3O4/c21-7-13-26-17-5-1-4-16(14-17)15-19(24)22-8-3-9-23(11-10-22)20(25)18-6-2-12-27-18/h1,4-5,14,18H,2-3,6-13,15,21H2/t18-/m0/s1. The summed E-state index contributed by atoms with van der Waals surface area (Å²) in [5.41, 5.74) is 6.38. The lowest BCUT2D eigenvalue weighted by Gasteiger charge is -2.24. The number of nitrogens with zero attached hydrogens (tertiary/aromatic N) is 2. The second-order valence-corrected chi connectivity index (χ2v) is 7.02. The molecule has 1 atom stereocenters. The van der Waals surface area contributed by atoms with Crippen LogP contribution in [0.2, 0.25) is 0 Å². The van der Waals surface area contributed by atoms with Gasteiger partial charge in [0, 0.05) is 39.3 Å². The summed E-state index contributed by atoms with van der Waals surface area (Å²) in [5.74, 6) is 0.888. The van der Waals surface area contributed by atoms with Gasteiger partial charge in [0.15, 0.2) is 0 Å². The zero-order valence-electron chi connectivity index (χ0n) is 15.8. The van der Waals surface area contributed by atoms with Crippen LogP contribution >= 0.6 is 0 Å². The van der Waals surface area contributed by atoms with Crippen LogP contribution in [-0.2, 0) is 20.7 Å². The molecular formula is C20H29N3O4. The van der Waals surface area contributed by atoms with Crippen molar-refractivity contribution < 1.29 is 19.1 Å². The first-order valence-electron chi connectivity index (χ1n) is 9.77. The van der Waals surface area contributed by atoms with Gasteiger partial charge in [-0.05, 0) is 37.0 Å². The van der Waals surface area contributed by atoms with Crippen LogP contribution in [0.25, 0.3) is 0 Å². The SMILES string of the molecule is NCCOc1cccc(CC(=O)N2CCCN(C(=O)[C@@H]3CCCO3)CC2)c1. The minimum absolute atomic E-state index is 0.0755. The van der Waals surface area contributed by atoms with E-state index in [0.29, 0.717) is 52.4 Å². The van der Waals surface area contributed by atoms with Gasteiger partial charge in [0.2, 0.25) is 5.91 Å². The number of carbonyl (C=O) groups excluding carboxylic acids is 2. The number of benzene rings is 1. The Morgan fingerprint density at radius 1 is 1.15 bits per heavy atom. The minimum atomic E-state index is -0.288. The smallest absolute Gasteiger partial charge is 0.251 e. The van der Waals surface area contributed by atoms with Crippen LogP contribution < -0.4 is 10.5 Å². The highest BCUT2D eigenvalue weighted by Gasteiger charge is 2.30. The molecule has 2 amide bonds. The summed E-state index contributed by atoms with van der Waals surface area (Å²) in [5, 5.41) is 0. The molecular weight excluding hydrogens is 346 g/mol. The summed E-state index contributed by atoms with van der Waals surface area (Å²) in [6.45, 7) is 4.09. The van der Waals surface area contributed by atoms with Crippen molar-refractivity contribution in [1.29, 1.82) is 0 Å². The predicted molar refractivity (Wildman–Crippen MR) is 101 cm³/mol. The van der Waals surface area contributed by atoms with Crippen molar-refractivity contribution in [3.63, 3.8) is 0 Å². The Hall–Kier alpha value is -2.12. The van der Waals surface area contributed by atoms with Crippen molar-refractivity contribution in [2.45, 2.75) is 31.8 Å². The number of amides is 2. The number of carbonyl (C=O) groups is 2. The Balaban J connectivity index is 1.52. The number of hydrogen-bond donors (Lipinski definition) is 1. The topological polar surface area (TPSA) is 85.1 Å². The van der Waals surface area contributed by atoms with Gasteiger partial charge in [-0.3, -0.25) is 9.59 Å². The molecule has 1 aromatic rings. The lowest BCUT2D eigenvalue weighted by molar-refractivity contribution is -0.141. The second-order valence-electron chi connectivity index (χ2n) is 7.02. The first-order chi connectivity index (χ1) is 13.2. The maximum Gasteiger partial charge on any atom is 0.251 e. The highest BCUT2D eigenvalue weighted by molar-refractivity contribution is 5.82. The van der Waals surface area contributed by atoms with E-state index < -0.39 is 0 Å². The fourth-order valence-corrected chi connectivity index (χ4v) is 3.57. The quantitative estimate of drug-likeness (QED) is 0.795. The summed E-state index contributed by atoms with van der Waals surface area (Å²) in [4.78, 5) is 28.9. The third kappa shape index (κ3) is 5.43. The van der Waals surface area contributed by atoms with Crippen molar-refractivity contribution in [2.24, 2.45) is 5.73 Å². The average molecular weight is 375 g/mol. The van der Waals surface area contributed by atoms with Crippen LogP contribution in [-0.4, -0.2) is 73.7 Å². The van der Waals surface area contributed by atoms with E-state index >= 15 is 0 Å². The van der Waals surface area contributed by atoms with Gasteiger partial charge in [0.25, 0.3) is 5.91 Å². The van der Waals surface area contributed by atoms with E-state index in [1.165, 1.54) is 0 Å². The van der Waals surface area contributed by atoms with E-state index in [2.05, 4.69) is 0 Å². The third-order valence-electron chi connectivity index (χ3n) is 5.01. The number of nitrogens with two attached hydrogens (primary N) is 1. The molecule has 2 fully saturated rings. The van der Waals surface area contributed by atoms with Gasteiger partial charge in [-0.15, -0.1) is 0 Å². The van der Waals surface area contributed by atoms with Crippen LogP contribution in [0.5, 0.6) is 5.75 Å². The summed E-state index contributed by atoms with van der Waals surface area (Å²) in [6, 6.07) is 7.57. The number of hydrogen-bond acceptors (Lipinski definition) is 5. The number of rotatable bonds is 6. The molecule has 148 valence electrons. The van der Waals surface area contributed by atoms with Gasteiger partial charge in [0.1, 0.15) is 18.5 Å². The molecule has 0 spiro atoms. The molecule has 0 bridgehead atoms. The highest BCUT2D eigenvalue weighted by atomic mass is 16.5. The zero-order chi connectivity index (χ0) is 19.1. The maximum absolute atomic E-state index is 12.7. The van der Waals surface area contributed by atoms with Gasteiger partial charge in [-0.1, -0.05) is 12.1 Å². The molecule has 2 heterocycles. The molecule has 7 nitrogen and oxygen atoms in total. The van der Waals surface area contributed by atoms with Crippen molar-refractivity contribution in [2.75, 3.05) is 45.9 Å². The monoisotopic (exact) mass is 375 g/mol. The molecule has 2 saturated heterocycles. The van der Waals surface area contributed by atoms with Gasteiger partial charge >= 0.3 is 0 Å². The first kappa shape index (κ1) is 19.6. The van der Waals surface area contributed by atoms with Crippen LogP contribution in [0.4, 0.5) is 0 Å². The lowest BCUT2D eigenvalue weighted by Crippen LogP contribution is -2.42. The van der Waals surface area contributed by atoms with Crippen molar-refractivity contribution in [3.05, 3.63) is 29.8 Å². The minimum Gasteiger partial charge on any atom is -0.492 e. The van der Waals surface area contributed by atoms with Crippen LogP contribution in [0.15, 0.2) is 24.3 Å². The van der Waals surface area contributed by atoms with Crippen LogP contribution in [0.1, 0.15) is 24.8 Å². The Kier molecular flexibility index (Phi) is 7.06. The Morgan fingerprint density at radius 2 is 1.96 bits per heavy atom. The van der Waals surface area contributed by atoms with Crippen LogP contribution in [0, 0.1) is 0 Å². The van der Waals surface area contributed by atoms with Crippen molar-refractivity contribution in [3.8, 4) is 5.75 Å². The van der Waals surface area contributed by atoms with E-state index in [1.807, 2.05) is 34.1 Å². The fraction of sp³-hybridized carbons (Fsp3) is 0.600. The molecule has 2 N–H and O–H groups in total. The molecule has 2 aliphatic heterocycles. The van der Waals surface area contributed by atoms with E-state index in [-0.39, 0.29) is 17.9 Å². The zero-order valence-corrected chi connectivity index (χ0v) is 15.8. The van der Waals surface area contributed by atoms with E-state index in [9.17, 15) is 9.59 Å². The summed E-state index contributed by atoms with van der Waals surface area (Å²) in [7, 11) is 0. The van der Waals surface area contributed by atoms with Gasteiger partial charge < -0.3 is 25.0 Å².